The van der Waals surface area contributed by atoms with Gasteiger partial charge in [-0.15, -0.1) is 0 Å². The molecule has 1 saturated heterocycles. The minimum atomic E-state index is -0.809. The molecule has 0 aromatic heterocycles. The normalized spacial score (nSPS) is 17.7. The van der Waals surface area contributed by atoms with Crippen LogP contribution < -0.4 is 4.74 Å². The summed E-state index contributed by atoms with van der Waals surface area (Å²) < 4.78 is 11.5. The van der Waals surface area contributed by atoms with Gasteiger partial charge in [0.05, 0.1) is 26.7 Å². The largest absolute Gasteiger partial charge is 0.497 e. The molecule has 0 aliphatic carbocycles. The van der Waals surface area contributed by atoms with Crippen LogP contribution in [0.4, 0.5) is 0 Å². The lowest BCUT2D eigenvalue weighted by Crippen LogP contribution is -2.40. The number of morpholine rings is 1. The van der Waals surface area contributed by atoms with Crippen LogP contribution in [-0.4, -0.2) is 49.4 Å². The number of hydrogen-bond donors (Lipinski definition) is 1. The fourth-order valence-electron chi connectivity index (χ4n) is 2.39. The Bertz CT molecular complexity index is 474. The standard InChI is InChI=1S/C14H18BrNO4/c1-19-10-2-3-12(15)11(8-10)13(9-14(17)18)16-4-6-20-7-5-16/h2-3,8,13H,4-7,9H2,1H3,(H,17,18). The van der Waals surface area contributed by atoms with Gasteiger partial charge in [0.25, 0.3) is 0 Å². The predicted molar refractivity (Wildman–Crippen MR) is 78.1 cm³/mol. The zero-order valence-electron chi connectivity index (χ0n) is 11.3. The summed E-state index contributed by atoms with van der Waals surface area (Å²) in [6, 6.07) is 5.46. The molecule has 0 spiro atoms. The van der Waals surface area contributed by atoms with E-state index in [1.165, 1.54) is 0 Å². The summed E-state index contributed by atoms with van der Waals surface area (Å²) in [5, 5.41) is 9.19. The highest BCUT2D eigenvalue weighted by atomic mass is 79.9. The summed E-state index contributed by atoms with van der Waals surface area (Å²) in [7, 11) is 1.61. The first kappa shape index (κ1) is 15.3. The summed E-state index contributed by atoms with van der Waals surface area (Å²) in [6.45, 7) is 2.75. The minimum Gasteiger partial charge on any atom is -0.497 e. The maximum atomic E-state index is 11.2. The van der Waals surface area contributed by atoms with Gasteiger partial charge in [-0.3, -0.25) is 9.69 Å². The topological polar surface area (TPSA) is 59.0 Å². The molecule has 0 radical (unpaired) electrons. The lowest BCUT2D eigenvalue weighted by molar-refractivity contribution is -0.139. The van der Waals surface area contributed by atoms with Gasteiger partial charge in [0.1, 0.15) is 5.75 Å². The van der Waals surface area contributed by atoms with Crippen molar-refractivity contribution in [2.24, 2.45) is 0 Å². The highest BCUT2D eigenvalue weighted by Crippen LogP contribution is 2.33. The molecule has 20 heavy (non-hydrogen) atoms. The summed E-state index contributed by atoms with van der Waals surface area (Å²) in [4.78, 5) is 13.3. The number of carboxylic acids is 1. The molecule has 6 heteroatoms. The highest BCUT2D eigenvalue weighted by Gasteiger charge is 2.26. The highest BCUT2D eigenvalue weighted by molar-refractivity contribution is 9.10. The Kier molecular flexibility index (Phi) is 5.39. The lowest BCUT2D eigenvalue weighted by atomic mass is 10.0. The zero-order valence-corrected chi connectivity index (χ0v) is 12.9. The molecule has 1 atom stereocenters. The van der Waals surface area contributed by atoms with Gasteiger partial charge in [-0.1, -0.05) is 15.9 Å². The van der Waals surface area contributed by atoms with Crippen molar-refractivity contribution in [3.8, 4) is 5.75 Å². The number of rotatable bonds is 5. The Morgan fingerprint density at radius 2 is 2.20 bits per heavy atom. The fourth-order valence-corrected chi connectivity index (χ4v) is 2.91. The van der Waals surface area contributed by atoms with Crippen LogP contribution in [0, 0.1) is 0 Å². The number of ether oxygens (including phenoxy) is 2. The number of halogens is 1. The molecule has 1 heterocycles. The summed E-state index contributed by atoms with van der Waals surface area (Å²) >= 11 is 3.51. The third-order valence-electron chi connectivity index (χ3n) is 3.42. The average Bonchev–Trinajstić information content (AvgIpc) is 2.46. The molecule has 1 unspecified atom stereocenters. The molecule has 110 valence electrons. The summed E-state index contributed by atoms with van der Waals surface area (Å²) in [5.74, 6) is -0.0805. The first-order valence-corrected chi connectivity index (χ1v) is 7.28. The van der Waals surface area contributed by atoms with Gasteiger partial charge in [0.15, 0.2) is 0 Å². The number of nitrogens with zero attached hydrogens (tertiary/aromatic N) is 1. The number of carboxylic acid groups (broad SMARTS) is 1. The number of benzene rings is 1. The van der Waals surface area contributed by atoms with E-state index in [1.54, 1.807) is 7.11 Å². The number of methoxy groups -OCH3 is 1. The second-order valence-electron chi connectivity index (χ2n) is 4.65. The Balaban J connectivity index is 2.31. The number of hydrogen-bond acceptors (Lipinski definition) is 4. The van der Waals surface area contributed by atoms with Crippen molar-refractivity contribution in [1.29, 1.82) is 0 Å². The number of aliphatic carboxylic acids is 1. The quantitative estimate of drug-likeness (QED) is 0.888. The maximum Gasteiger partial charge on any atom is 0.305 e. The van der Waals surface area contributed by atoms with Crippen LogP contribution in [0.25, 0.3) is 0 Å². The molecule has 1 N–H and O–H groups in total. The molecule has 0 saturated carbocycles. The van der Waals surface area contributed by atoms with Gasteiger partial charge < -0.3 is 14.6 Å². The zero-order chi connectivity index (χ0) is 14.5. The Morgan fingerprint density at radius 3 is 2.80 bits per heavy atom. The second-order valence-corrected chi connectivity index (χ2v) is 5.50. The van der Waals surface area contributed by atoms with Gasteiger partial charge in [0, 0.05) is 23.6 Å². The fraction of sp³-hybridized carbons (Fsp3) is 0.500. The van der Waals surface area contributed by atoms with E-state index in [4.69, 9.17) is 9.47 Å². The van der Waals surface area contributed by atoms with Crippen molar-refractivity contribution in [2.75, 3.05) is 33.4 Å². The van der Waals surface area contributed by atoms with Crippen molar-refractivity contribution in [1.82, 2.24) is 4.90 Å². The Hall–Kier alpha value is -1.11. The molecule has 1 aromatic rings. The lowest BCUT2D eigenvalue weighted by Gasteiger charge is -2.34. The van der Waals surface area contributed by atoms with Crippen LogP contribution >= 0.6 is 15.9 Å². The first-order valence-electron chi connectivity index (χ1n) is 6.49. The smallest absolute Gasteiger partial charge is 0.305 e. The molecule has 1 aliphatic heterocycles. The molecular formula is C14H18BrNO4. The van der Waals surface area contributed by atoms with Crippen LogP contribution in [0.3, 0.4) is 0 Å². The maximum absolute atomic E-state index is 11.2. The van der Waals surface area contributed by atoms with Crippen molar-refractivity contribution in [2.45, 2.75) is 12.5 Å². The second kappa shape index (κ2) is 7.06. The SMILES string of the molecule is COc1ccc(Br)c(C(CC(=O)O)N2CCOCC2)c1. The van der Waals surface area contributed by atoms with E-state index >= 15 is 0 Å². The molecular weight excluding hydrogens is 326 g/mol. The first-order chi connectivity index (χ1) is 9.61. The molecule has 0 amide bonds. The van der Waals surface area contributed by atoms with E-state index in [-0.39, 0.29) is 12.5 Å². The van der Waals surface area contributed by atoms with Crippen LogP contribution in [0.5, 0.6) is 5.75 Å². The third-order valence-corrected chi connectivity index (χ3v) is 4.14. The van der Waals surface area contributed by atoms with Gasteiger partial charge in [0.2, 0.25) is 0 Å². The third kappa shape index (κ3) is 3.71. The van der Waals surface area contributed by atoms with Gasteiger partial charge in [-0.05, 0) is 23.8 Å². The van der Waals surface area contributed by atoms with E-state index in [1.807, 2.05) is 18.2 Å². The molecule has 0 bridgehead atoms. The van der Waals surface area contributed by atoms with Crippen LogP contribution in [0.15, 0.2) is 22.7 Å². The summed E-state index contributed by atoms with van der Waals surface area (Å²) in [5.41, 5.74) is 0.939. The van der Waals surface area contributed by atoms with Crippen LogP contribution in [0.2, 0.25) is 0 Å². The average molecular weight is 344 g/mol. The molecule has 1 aromatic carbocycles. The van der Waals surface area contributed by atoms with Crippen molar-refractivity contribution < 1.29 is 19.4 Å². The van der Waals surface area contributed by atoms with E-state index in [9.17, 15) is 9.90 Å². The van der Waals surface area contributed by atoms with E-state index in [2.05, 4.69) is 20.8 Å². The monoisotopic (exact) mass is 343 g/mol. The van der Waals surface area contributed by atoms with E-state index in [0.29, 0.717) is 13.2 Å². The van der Waals surface area contributed by atoms with Crippen molar-refractivity contribution in [3.63, 3.8) is 0 Å². The van der Waals surface area contributed by atoms with Crippen LogP contribution in [0.1, 0.15) is 18.0 Å². The van der Waals surface area contributed by atoms with E-state index in [0.717, 1.165) is 28.9 Å². The van der Waals surface area contributed by atoms with Crippen molar-refractivity contribution >= 4 is 21.9 Å². The van der Waals surface area contributed by atoms with Gasteiger partial charge in [-0.2, -0.15) is 0 Å². The predicted octanol–water partition coefficient (Wildman–Crippen LogP) is 2.31. The summed E-state index contributed by atoms with van der Waals surface area (Å²) in [6.07, 6.45) is 0.0613. The molecule has 1 aliphatic rings. The van der Waals surface area contributed by atoms with E-state index < -0.39 is 5.97 Å². The number of carbonyl (C=O) groups is 1. The van der Waals surface area contributed by atoms with Gasteiger partial charge in [-0.25, -0.2) is 0 Å². The Morgan fingerprint density at radius 1 is 1.50 bits per heavy atom. The van der Waals surface area contributed by atoms with Crippen molar-refractivity contribution in [3.05, 3.63) is 28.2 Å². The molecule has 2 rings (SSSR count). The molecule has 1 fully saturated rings. The van der Waals surface area contributed by atoms with Gasteiger partial charge >= 0.3 is 5.97 Å². The van der Waals surface area contributed by atoms with Crippen LogP contribution in [-0.2, 0) is 9.53 Å². The Labute approximate surface area is 126 Å². The molecule has 5 nitrogen and oxygen atoms in total. The minimum absolute atomic E-state index is 0.0613.